The van der Waals surface area contributed by atoms with Crippen molar-refractivity contribution in [3.05, 3.63) is 0 Å². The molecule has 2 atom stereocenters. The Kier molecular flexibility index (Phi) is 4.82. The summed E-state index contributed by atoms with van der Waals surface area (Å²) in [7, 11) is 0. The molecule has 2 unspecified atom stereocenters. The molecule has 3 nitrogen and oxygen atoms in total. The fourth-order valence-electron chi connectivity index (χ4n) is 1.50. The van der Waals surface area contributed by atoms with Gasteiger partial charge in [0.25, 0.3) is 0 Å². The van der Waals surface area contributed by atoms with Crippen molar-refractivity contribution >= 4 is 0 Å². The minimum absolute atomic E-state index is 0.0190. The Morgan fingerprint density at radius 1 is 1.53 bits per heavy atom. The van der Waals surface area contributed by atoms with E-state index in [1.807, 2.05) is 0 Å². The monoisotopic (exact) mass is 226 g/mol. The Balaban J connectivity index is 2.12. The second-order valence-electron chi connectivity index (χ2n) is 3.83. The Labute approximate surface area is 87.4 Å². The van der Waals surface area contributed by atoms with Gasteiger partial charge in [-0.2, -0.15) is 13.2 Å². The van der Waals surface area contributed by atoms with E-state index in [4.69, 9.17) is 4.74 Å². The summed E-state index contributed by atoms with van der Waals surface area (Å²) in [5.74, 6) is 0. The zero-order valence-corrected chi connectivity index (χ0v) is 8.73. The van der Waals surface area contributed by atoms with Crippen LogP contribution in [-0.2, 0) is 4.74 Å². The van der Waals surface area contributed by atoms with Gasteiger partial charge in [0.15, 0.2) is 0 Å². The van der Waals surface area contributed by atoms with Crippen LogP contribution in [0.15, 0.2) is 0 Å². The van der Waals surface area contributed by atoms with E-state index in [1.54, 1.807) is 0 Å². The molecule has 0 aromatic heterocycles. The molecule has 1 fully saturated rings. The van der Waals surface area contributed by atoms with Crippen LogP contribution < -0.4 is 10.6 Å². The zero-order valence-electron chi connectivity index (χ0n) is 8.73. The SMILES string of the molecule is CC(CC(F)(F)F)NCC1CNCCO1. The molecule has 1 heterocycles. The summed E-state index contributed by atoms with van der Waals surface area (Å²) in [6.45, 7) is 4.13. The van der Waals surface area contributed by atoms with Crippen LogP contribution in [0.25, 0.3) is 0 Å². The maximum atomic E-state index is 12.0. The summed E-state index contributed by atoms with van der Waals surface area (Å²) >= 11 is 0. The lowest BCUT2D eigenvalue weighted by atomic mass is 10.2. The van der Waals surface area contributed by atoms with Gasteiger partial charge in [0.05, 0.1) is 19.1 Å². The van der Waals surface area contributed by atoms with E-state index in [1.165, 1.54) is 6.92 Å². The molecule has 0 aromatic carbocycles. The molecule has 0 aromatic rings. The molecule has 1 rings (SSSR count). The molecule has 2 N–H and O–H groups in total. The van der Waals surface area contributed by atoms with Gasteiger partial charge in [-0.1, -0.05) is 0 Å². The van der Waals surface area contributed by atoms with Gasteiger partial charge in [-0.3, -0.25) is 0 Å². The smallest absolute Gasteiger partial charge is 0.374 e. The summed E-state index contributed by atoms with van der Waals surface area (Å²) < 4.78 is 41.3. The second-order valence-corrected chi connectivity index (χ2v) is 3.83. The molecular weight excluding hydrogens is 209 g/mol. The molecule has 1 saturated heterocycles. The third kappa shape index (κ3) is 5.96. The number of nitrogens with one attached hydrogen (secondary N) is 2. The fourth-order valence-corrected chi connectivity index (χ4v) is 1.50. The average molecular weight is 226 g/mol. The standard InChI is InChI=1S/C9H17F3N2O/c1-7(4-9(10,11)12)14-6-8-5-13-2-3-15-8/h7-8,13-14H,2-6H2,1H3. The van der Waals surface area contributed by atoms with E-state index in [0.717, 1.165) is 6.54 Å². The van der Waals surface area contributed by atoms with Gasteiger partial charge >= 0.3 is 6.18 Å². The molecule has 1 aliphatic heterocycles. The second kappa shape index (κ2) is 5.67. The molecule has 1 aliphatic rings. The van der Waals surface area contributed by atoms with Crippen LogP contribution in [0.1, 0.15) is 13.3 Å². The van der Waals surface area contributed by atoms with Crippen molar-refractivity contribution in [1.82, 2.24) is 10.6 Å². The van der Waals surface area contributed by atoms with E-state index < -0.39 is 18.6 Å². The Hall–Kier alpha value is -0.330. The first kappa shape index (κ1) is 12.7. The first-order valence-corrected chi connectivity index (χ1v) is 5.10. The Morgan fingerprint density at radius 2 is 2.27 bits per heavy atom. The minimum atomic E-state index is -4.10. The van der Waals surface area contributed by atoms with Crippen LogP contribution in [0.3, 0.4) is 0 Å². The lowest BCUT2D eigenvalue weighted by Crippen LogP contribution is -2.46. The van der Waals surface area contributed by atoms with Gasteiger partial charge in [0, 0.05) is 25.7 Å². The molecule has 0 amide bonds. The molecule has 0 saturated carbocycles. The quantitative estimate of drug-likeness (QED) is 0.747. The van der Waals surface area contributed by atoms with E-state index in [-0.39, 0.29) is 6.10 Å². The van der Waals surface area contributed by atoms with Gasteiger partial charge < -0.3 is 15.4 Å². The maximum Gasteiger partial charge on any atom is 0.390 e. The predicted molar refractivity (Wildman–Crippen MR) is 50.7 cm³/mol. The Morgan fingerprint density at radius 3 is 2.80 bits per heavy atom. The van der Waals surface area contributed by atoms with E-state index >= 15 is 0 Å². The average Bonchev–Trinajstić information content (AvgIpc) is 2.14. The van der Waals surface area contributed by atoms with Crippen LogP contribution in [0.4, 0.5) is 13.2 Å². The minimum Gasteiger partial charge on any atom is -0.374 e. The van der Waals surface area contributed by atoms with Crippen molar-refractivity contribution in [2.24, 2.45) is 0 Å². The van der Waals surface area contributed by atoms with Crippen LogP contribution in [-0.4, -0.2) is 44.6 Å². The van der Waals surface area contributed by atoms with Crippen LogP contribution in [0.5, 0.6) is 0 Å². The van der Waals surface area contributed by atoms with Crippen molar-refractivity contribution < 1.29 is 17.9 Å². The largest absolute Gasteiger partial charge is 0.390 e. The van der Waals surface area contributed by atoms with E-state index in [0.29, 0.717) is 19.7 Å². The molecule has 0 aliphatic carbocycles. The number of morpholine rings is 1. The van der Waals surface area contributed by atoms with Crippen LogP contribution >= 0.6 is 0 Å². The summed E-state index contributed by atoms with van der Waals surface area (Å²) in [4.78, 5) is 0. The first-order chi connectivity index (χ1) is 6.97. The number of rotatable bonds is 4. The molecule has 0 spiro atoms. The highest BCUT2D eigenvalue weighted by Crippen LogP contribution is 2.21. The molecule has 0 radical (unpaired) electrons. The lowest BCUT2D eigenvalue weighted by Gasteiger charge is -2.25. The first-order valence-electron chi connectivity index (χ1n) is 5.10. The summed E-state index contributed by atoms with van der Waals surface area (Å²) in [5.41, 5.74) is 0. The highest BCUT2D eigenvalue weighted by Gasteiger charge is 2.30. The van der Waals surface area contributed by atoms with Crippen molar-refractivity contribution in [2.45, 2.75) is 31.7 Å². The van der Waals surface area contributed by atoms with E-state index in [9.17, 15) is 13.2 Å². The molecule has 0 bridgehead atoms. The fraction of sp³-hybridized carbons (Fsp3) is 1.00. The van der Waals surface area contributed by atoms with Crippen molar-refractivity contribution in [2.75, 3.05) is 26.2 Å². The normalized spacial score (nSPS) is 25.2. The van der Waals surface area contributed by atoms with Crippen molar-refractivity contribution in [1.29, 1.82) is 0 Å². The molecule has 15 heavy (non-hydrogen) atoms. The Bertz CT molecular complexity index is 181. The van der Waals surface area contributed by atoms with Gasteiger partial charge in [0.2, 0.25) is 0 Å². The summed E-state index contributed by atoms with van der Waals surface area (Å²) in [6.07, 6.45) is -4.92. The zero-order chi connectivity index (χ0) is 11.3. The number of halogens is 3. The highest BCUT2D eigenvalue weighted by atomic mass is 19.4. The van der Waals surface area contributed by atoms with Gasteiger partial charge in [-0.15, -0.1) is 0 Å². The van der Waals surface area contributed by atoms with Crippen LogP contribution in [0, 0.1) is 0 Å². The third-order valence-electron chi connectivity index (χ3n) is 2.24. The van der Waals surface area contributed by atoms with Crippen molar-refractivity contribution in [3.8, 4) is 0 Å². The number of alkyl halides is 3. The molecule has 90 valence electrons. The molecule has 6 heteroatoms. The van der Waals surface area contributed by atoms with Crippen LogP contribution in [0.2, 0.25) is 0 Å². The van der Waals surface area contributed by atoms with Gasteiger partial charge in [0.1, 0.15) is 0 Å². The van der Waals surface area contributed by atoms with Gasteiger partial charge in [-0.25, -0.2) is 0 Å². The number of ether oxygens (including phenoxy) is 1. The predicted octanol–water partition coefficient (Wildman–Crippen LogP) is 0.905. The highest BCUT2D eigenvalue weighted by molar-refractivity contribution is 4.73. The summed E-state index contributed by atoms with van der Waals surface area (Å²) in [6, 6.07) is -0.560. The van der Waals surface area contributed by atoms with E-state index in [2.05, 4.69) is 10.6 Å². The number of hydrogen-bond donors (Lipinski definition) is 2. The van der Waals surface area contributed by atoms with Gasteiger partial charge in [-0.05, 0) is 6.92 Å². The third-order valence-corrected chi connectivity index (χ3v) is 2.24. The lowest BCUT2D eigenvalue weighted by molar-refractivity contribution is -0.139. The number of hydrogen-bond acceptors (Lipinski definition) is 3. The maximum absolute atomic E-state index is 12.0. The molecular formula is C9H17F3N2O. The topological polar surface area (TPSA) is 33.3 Å². The van der Waals surface area contributed by atoms with Crippen molar-refractivity contribution in [3.63, 3.8) is 0 Å². The summed E-state index contributed by atoms with van der Waals surface area (Å²) in [5, 5.41) is 5.94.